The maximum absolute atomic E-state index is 12.6. The number of anilines is 2. The summed E-state index contributed by atoms with van der Waals surface area (Å²) in [5.74, 6) is 1.57. The van der Waals surface area contributed by atoms with Gasteiger partial charge in [-0.15, -0.1) is 0 Å². The number of para-hydroxylation sites is 2. The highest BCUT2D eigenvalue weighted by molar-refractivity contribution is 5.76. The topological polar surface area (TPSA) is 86.5 Å². The van der Waals surface area contributed by atoms with E-state index in [0.717, 1.165) is 51.0 Å². The van der Waals surface area contributed by atoms with Crippen LogP contribution in [0.25, 0.3) is 0 Å². The molecule has 31 heavy (non-hydrogen) atoms. The van der Waals surface area contributed by atoms with Gasteiger partial charge in [0.25, 0.3) is 0 Å². The zero-order valence-corrected chi connectivity index (χ0v) is 18.2. The van der Waals surface area contributed by atoms with Crippen molar-refractivity contribution in [2.75, 3.05) is 29.9 Å². The zero-order valence-electron chi connectivity index (χ0n) is 18.2. The molecule has 8 heteroatoms. The molecular weight excluding hydrogens is 392 g/mol. The number of piperidine rings is 1. The van der Waals surface area contributed by atoms with Crippen LogP contribution in [0.2, 0.25) is 0 Å². The van der Waals surface area contributed by atoms with Crippen molar-refractivity contribution in [1.82, 2.24) is 20.4 Å². The third kappa shape index (κ3) is 4.07. The standard InChI is InChI=1S/C23H32N6O2/c1-2-29-19-11-7-6-10-18(19)25-21(29)20-26-22(31-27-20)16-12-14-28(15-13-16)23(30)24-17-8-4-3-5-9-17/h6-7,10-11,16-17,21,25H,2-5,8-9,12-15H2,1H3,(H,24,30). The molecule has 1 saturated carbocycles. The molecule has 1 unspecified atom stereocenters. The van der Waals surface area contributed by atoms with Gasteiger partial charge < -0.3 is 25.0 Å². The monoisotopic (exact) mass is 424 g/mol. The van der Waals surface area contributed by atoms with Gasteiger partial charge >= 0.3 is 6.03 Å². The van der Waals surface area contributed by atoms with Crippen LogP contribution in [0.5, 0.6) is 0 Å². The predicted octanol–water partition coefficient (Wildman–Crippen LogP) is 4.24. The summed E-state index contributed by atoms with van der Waals surface area (Å²) in [4.78, 5) is 21.6. The van der Waals surface area contributed by atoms with Crippen LogP contribution in [0.3, 0.4) is 0 Å². The van der Waals surface area contributed by atoms with Gasteiger partial charge in [-0.25, -0.2) is 4.79 Å². The van der Waals surface area contributed by atoms with E-state index >= 15 is 0 Å². The summed E-state index contributed by atoms with van der Waals surface area (Å²) in [6.07, 6.45) is 7.57. The Morgan fingerprint density at radius 3 is 2.71 bits per heavy atom. The highest BCUT2D eigenvalue weighted by Crippen LogP contribution is 2.40. The smallest absolute Gasteiger partial charge is 0.317 e. The number of nitrogens with one attached hydrogen (secondary N) is 2. The number of urea groups is 1. The lowest BCUT2D eigenvalue weighted by molar-refractivity contribution is 0.169. The van der Waals surface area contributed by atoms with E-state index in [4.69, 9.17) is 9.51 Å². The molecule has 2 aromatic rings. The second-order valence-electron chi connectivity index (χ2n) is 8.89. The molecule has 8 nitrogen and oxygen atoms in total. The fourth-order valence-corrected chi connectivity index (χ4v) is 5.13. The second-order valence-corrected chi connectivity index (χ2v) is 8.89. The number of aromatic nitrogens is 2. The second kappa shape index (κ2) is 8.77. The Morgan fingerprint density at radius 1 is 1.16 bits per heavy atom. The first kappa shape index (κ1) is 20.2. The molecule has 1 saturated heterocycles. The number of benzene rings is 1. The number of likely N-dealkylation sites (tertiary alicyclic amines) is 1. The van der Waals surface area contributed by atoms with Crippen LogP contribution in [0.1, 0.15) is 75.7 Å². The van der Waals surface area contributed by atoms with E-state index in [1.165, 1.54) is 24.9 Å². The quantitative estimate of drug-likeness (QED) is 0.763. The van der Waals surface area contributed by atoms with Crippen LogP contribution in [0.15, 0.2) is 28.8 Å². The van der Waals surface area contributed by atoms with Gasteiger partial charge in [0, 0.05) is 31.6 Å². The van der Waals surface area contributed by atoms with Gasteiger partial charge in [0.05, 0.1) is 11.4 Å². The molecule has 2 amide bonds. The van der Waals surface area contributed by atoms with Gasteiger partial charge in [0.2, 0.25) is 11.7 Å². The van der Waals surface area contributed by atoms with Gasteiger partial charge in [0.15, 0.2) is 6.17 Å². The number of amides is 2. The number of rotatable bonds is 4. The largest absolute Gasteiger partial charge is 0.357 e. The summed E-state index contributed by atoms with van der Waals surface area (Å²) >= 11 is 0. The molecule has 3 heterocycles. The Bertz CT molecular complexity index is 901. The van der Waals surface area contributed by atoms with Gasteiger partial charge in [-0.05, 0) is 44.7 Å². The molecule has 1 aliphatic carbocycles. The third-order valence-corrected chi connectivity index (χ3v) is 6.92. The van der Waals surface area contributed by atoms with Crippen molar-refractivity contribution in [3.63, 3.8) is 0 Å². The Morgan fingerprint density at radius 2 is 1.94 bits per heavy atom. The van der Waals surface area contributed by atoms with Crippen molar-refractivity contribution in [1.29, 1.82) is 0 Å². The molecule has 0 bridgehead atoms. The van der Waals surface area contributed by atoms with Gasteiger partial charge in [-0.3, -0.25) is 0 Å². The van der Waals surface area contributed by atoms with Gasteiger partial charge in [-0.1, -0.05) is 36.6 Å². The average Bonchev–Trinajstić information content (AvgIpc) is 3.44. The highest BCUT2D eigenvalue weighted by atomic mass is 16.5. The Balaban J connectivity index is 1.18. The van der Waals surface area contributed by atoms with E-state index in [1.807, 2.05) is 17.0 Å². The molecule has 2 aliphatic heterocycles. The van der Waals surface area contributed by atoms with Crippen LogP contribution >= 0.6 is 0 Å². The minimum atomic E-state index is -0.110. The SMILES string of the molecule is CCN1c2ccccc2NC1c1noc(C2CCN(C(=O)NC3CCCCC3)CC2)n1. The molecule has 1 aromatic carbocycles. The van der Waals surface area contributed by atoms with Crippen molar-refractivity contribution in [3.05, 3.63) is 36.0 Å². The normalized spacial score (nSPS) is 22.3. The van der Waals surface area contributed by atoms with Gasteiger partial charge in [-0.2, -0.15) is 4.98 Å². The molecule has 0 spiro atoms. The summed E-state index contributed by atoms with van der Waals surface area (Å²) in [6.45, 7) is 4.45. The van der Waals surface area contributed by atoms with Crippen molar-refractivity contribution < 1.29 is 9.32 Å². The lowest BCUT2D eigenvalue weighted by Crippen LogP contribution is -2.48. The first-order valence-corrected chi connectivity index (χ1v) is 11.7. The van der Waals surface area contributed by atoms with E-state index in [-0.39, 0.29) is 18.1 Å². The summed E-state index contributed by atoms with van der Waals surface area (Å²) < 4.78 is 5.68. The lowest BCUT2D eigenvalue weighted by atomic mass is 9.95. The van der Waals surface area contributed by atoms with Crippen molar-refractivity contribution in [3.8, 4) is 0 Å². The first-order valence-electron chi connectivity index (χ1n) is 11.7. The predicted molar refractivity (Wildman–Crippen MR) is 119 cm³/mol. The molecule has 3 aliphatic rings. The van der Waals surface area contributed by atoms with Crippen molar-refractivity contribution in [2.24, 2.45) is 0 Å². The summed E-state index contributed by atoms with van der Waals surface area (Å²) in [5.41, 5.74) is 2.26. The maximum atomic E-state index is 12.6. The van der Waals surface area contributed by atoms with E-state index in [2.05, 4.69) is 39.7 Å². The van der Waals surface area contributed by atoms with Gasteiger partial charge in [0.1, 0.15) is 0 Å². The number of hydrogen-bond donors (Lipinski definition) is 2. The van der Waals surface area contributed by atoms with Crippen LogP contribution < -0.4 is 15.5 Å². The number of carbonyl (C=O) groups excluding carboxylic acids is 1. The zero-order chi connectivity index (χ0) is 21.2. The molecule has 2 fully saturated rings. The lowest BCUT2D eigenvalue weighted by Gasteiger charge is -2.32. The van der Waals surface area contributed by atoms with Crippen LogP contribution in [0.4, 0.5) is 16.2 Å². The average molecular weight is 425 g/mol. The Kier molecular flexibility index (Phi) is 5.70. The summed E-state index contributed by atoms with van der Waals surface area (Å²) in [7, 11) is 0. The molecule has 0 radical (unpaired) electrons. The van der Waals surface area contributed by atoms with Crippen LogP contribution in [0, 0.1) is 0 Å². The Labute approximate surface area is 183 Å². The fourth-order valence-electron chi connectivity index (χ4n) is 5.13. The summed E-state index contributed by atoms with van der Waals surface area (Å²) in [6, 6.07) is 8.70. The molecule has 2 N–H and O–H groups in total. The molecular formula is C23H32N6O2. The van der Waals surface area contributed by atoms with Crippen LogP contribution in [-0.2, 0) is 0 Å². The Hall–Kier alpha value is -2.77. The first-order chi connectivity index (χ1) is 15.2. The molecule has 166 valence electrons. The maximum Gasteiger partial charge on any atom is 0.317 e. The highest BCUT2D eigenvalue weighted by Gasteiger charge is 2.34. The van der Waals surface area contributed by atoms with E-state index in [9.17, 15) is 4.79 Å². The fraction of sp³-hybridized carbons (Fsp3) is 0.609. The minimum absolute atomic E-state index is 0.0862. The van der Waals surface area contributed by atoms with Crippen molar-refractivity contribution >= 4 is 17.4 Å². The minimum Gasteiger partial charge on any atom is -0.357 e. The number of carbonyl (C=O) groups is 1. The third-order valence-electron chi connectivity index (χ3n) is 6.92. The number of fused-ring (bicyclic) bond motifs is 1. The number of nitrogens with zero attached hydrogens (tertiary/aromatic N) is 4. The number of hydrogen-bond acceptors (Lipinski definition) is 6. The molecule has 1 atom stereocenters. The van der Waals surface area contributed by atoms with Crippen LogP contribution in [-0.4, -0.2) is 46.7 Å². The molecule has 5 rings (SSSR count). The summed E-state index contributed by atoms with van der Waals surface area (Å²) in [5, 5.41) is 11.0. The van der Waals surface area contributed by atoms with E-state index < -0.39 is 0 Å². The van der Waals surface area contributed by atoms with Crippen molar-refractivity contribution in [2.45, 2.75) is 70.0 Å². The molecule has 1 aromatic heterocycles. The van der Waals surface area contributed by atoms with E-state index in [0.29, 0.717) is 17.8 Å². The van der Waals surface area contributed by atoms with E-state index in [1.54, 1.807) is 0 Å².